The van der Waals surface area contributed by atoms with Crippen molar-refractivity contribution < 1.29 is 4.79 Å². The fourth-order valence-corrected chi connectivity index (χ4v) is 1.06. The molecule has 0 aliphatic carbocycles. The van der Waals surface area contributed by atoms with Crippen LogP contribution in [0.4, 0.5) is 0 Å². The molecule has 0 amide bonds. The molecule has 0 radical (unpaired) electrons. The van der Waals surface area contributed by atoms with E-state index < -0.39 is 0 Å². The first-order valence-corrected chi connectivity index (χ1v) is 3.80. The van der Waals surface area contributed by atoms with Crippen molar-refractivity contribution in [3.63, 3.8) is 0 Å². The third-order valence-electron chi connectivity index (χ3n) is 1.30. The van der Waals surface area contributed by atoms with Gasteiger partial charge in [-0.2, -0.15) is 5.10 Å². The molecule has 1 N–H and O–H groups in total. The Labute approximate surface area is 74.5 Å². The third kappa shape index (κ3) is 0.981. The fraction of sp³-hybridized carbons (Fsp3) is 0. The Morgan fingerprint density at radius 1 is 1.42 bits per heavy atom. The Morgan fingerprint density at radius 3 is 3.00 bits per heavy atom. The summed E-state index contributed by atoms with van der Waals surface area (Å²) in [6.45, 7) is 0. The summed E-state index contributed by atoms with van der Waals surface area (Å²) in [6.07, 6.45) is 0.611. The second-order valence-electron chi connectivity index (χ2n) is 2.00. The lowest BCUT2D eigenvalue weighted by atomic mass is 10.4. The van der Waals surface area contributed by atoms with Gasteiger partial charge in [0.25, 0.3) is 0 Å². The largest absolute Gasteiger partial charge is 0.296 e. The van der Waals surface area contributed by atoms with Crippen molar-refractivity contribution in [3.8, 4) is 0 Å². The van der Waals surface area contributed by atoms with Crippen molar-refractivity contribution in [2.45, 2.75) is 0 Å². The number of aromatic nitrogens is 5. The molecule has 12 heavy (non-hydrogen) atoms. The molecule has 60 valence electrons. The van der Waals surface area contributed by atoms with Crippen LogP contribution in [-0.4, -0.2) is 31.7 Å². The molecule has 0 saturated carbocycles. The van der Waals surface area contributed by atoms with Crippen LogP contribution in [0.25, 0.3) is 11.2 Å². The molecule has 2 rings (SSSR count). The standard InChI is InChI=1S/C5H2BrN5O/c6-5-7-3-2(1-12)8-9-4(3)10-11-5/h1H,(H,8,9,10). The summed E-state index contributed by atoms with van der Waals surface area (Å²) < 4.78 is 0.333. The molecule has 2 aromatic rings. The van der Waals surface area contributed by atoms with Crippen LogP contribution in [0.2, 0.25) is 0 Å². The molecule has 0 spiro atoms. The van der Waals surface area contributed by atoms with Crippen molar-refractivity contribution in [1.29, 1.82) is 0 Å². The van der Waals surface area contributed by atoms with Gasteiger partial charge in [0.2, 0.25) is 4.73 Å². The van der Waals surface area contributed by atoms with Gasteiger partial charge in [0.15, 0.2) is 17.6 Å². The highest BCUT2D eigenvalue weighted by molar-refractivity contribution is 9.10. The van der Waals surface area contributed by atoms with Crippen molar-refractivity contribution in [1.82, 2.24) is 25.4 Å². The fourth-order valence-electron chi connectivity index (χ4n) is 0.808. The molecule has 0 aliphatic heterocycles. The van der Waals surface area contributed by atoms with Crippen molar-refractivity contribution >= 4 is 33.4 Å². The summed E-state index contributed by atoms with van der Waals surface area (Å²) in [5, 5.41) is 13.5. The van der Waals surface area contributed by atoms with E-state index in [9.17, 15) is 4.79 Å². The van der Waals surface area contributed by atoms with E-state index in [2.05, 4.69) is 41.3 Å². The number of H-pyrrole nitrogens is 1. The minimum Gasteiger partial charge on any atom is -0.296 e. The summed E-state index contributed by atoms with van der Waals surface area (Å²) in [4.78, 5) is 14.3. The second kappa shape index (κ2) is 2.59. The summed E-state index contributed by atoms with van der Waals surface area (Å²) in [5.41, 5.74) is 1.06. The number of carbonyl (C=O) groups excluding carboxylic acids is 1. The number of rotatable bonds is 1. The topological polar surface area (TPSA) is 84.4 Å². The Morgan fingerprint density at radius 2 is 2.25 bits per heavy atom. The number of nitrogens with zero attached hydrogens (tertiary/aromatic N) is 4. The third-order valence-corrected chi connectivity index (χ3v) is 1.63. The van der Waals surface area contributed by atoms with Crippen molar-refractivity contribution in [3.05, 3.63) is 10.4 Å². The maximum atomic E-state index is 10.4. The van der Waals surface area contributed by atoms with E-state index in [4.69, 9.17) is 0 Å². The van der Waals surface area contributed by atoms with Crippen LogP contribution in [0, 0.1) is 0 Å². The van der Waals surface area contributed by atoms with Crippen LogP contribution >= 0.6 is 15.9 Å². The minimum absolute atomic E-state index is 0.237. The zero-order chi connectivity index (χ0) is 8.55. The van der Waals surface area contributed by atoms with Gasteiger partial charge in [-0.1, -0.05) is 0 Å². The molecule has 2 heterocycles. The Hall–Kier alpha value is -1.37. The Kier molecular flexibility index (Phi) is 1.58. The highest BCUT2D eigenvalue weighted by Gasteiger charge is 2.07. The maximum Gasteiger partial charge on any atom is 0.218 e. The highest BCUT2D eigenvalue weighted by Crippen LogP contribution is 2.10. The van der Waals surface area contributed by atoms with Gasteiger partial charge < -0.3 is 0 Å². The van der Waals surface area contributed by atoms with Gasteiger partial charge in [-0.3, -0.25) is 9.89 Å². The van der Waals surface area contributed by atoms with Gasteiger partial charge in [-0.05, 0) is 15.9 Å². The zero-order valence-electron chi connectivity index (χ0n) is 5.65. The van der Waals surface area contributed by atoms with E-state index in [0.717, 1.165) is 0 Å². The van der Waals surface area contributed by atoms with Gasteiger partial charge in [-0.15, -0.1) is 10.2 Å². The smallest absolute Gasteiger partial charge is 0.218 e. The molecule has 0 fully saturated rings. The van der Waals surface area contributed by atoms with Crippen LogP contribution in [-0.2, 0) is 0 Å². The van der Waals surface area contributed by atoms with E-state index in [0.29, 0.717) is 22.2 Å². The predicted octanol–water partition coefficient (Wildman–Crippen LogP) is 0.323. The molecular formula is C5H2BrN5O. The molecule has 0 saturated heterocycles. The first-order chi connectivity index (χ1) is 5.81. The Balaban J connectivity index is 2.83. The molecule has 7 heteroatoms. The second-order valence-corrected chi connectivity index (χ2v) is 2.71. The van der Waals surface area contributed by atoms with Crippen LogP contribution in [0.15, 0.2) is 4.73 Å². The van der Waals surface area contributed by atoms with Crippen LogP contribution in [0.3, 0.4) is 0 Å². The van der Waals surface area contributed by atoms with Crippen molar-refractivity contribution in [2.24, 2.45) is 0 Å². The average molecular weight is 228 g/mol. The summed E-state index contributed by atoms with van der Waals surface area (Å²) in [5.74, 6) is 0. The summed E-state index contributed by atoms with van der Waals surface area (Å²) in [6, 6.07) is 0. The summed E-state index contributed by atoms with van der Waals surface area (Å²) in [7, 11) is 0. The molecule has 6 nitrogen and oxygen atoms in total. The summed E-state index contributed by atoms with van der Waals surface area (Å²) >= 11 is 3.04. The molecule has 0 atom stereocenters. The van der Waals surface area contributed by atoms with Gasteiger partial charge in [0.05, 0.1) is 0 Å². The normalized spacial score (nSPS) is 10.4. The van der Waals surface area contributed by atoms with Crippen LogP contribution < -0.4 is 0 Å². The molecule has 0 bridgehead atoms. The number of nitrogens with one attached hydrogen (secondary N) is 1. The number of aromatic amines is 1. The SMILES string of the molecule is O=Cc1n[nH]c2nnc(Br)nc12. The van der Waals surface area contributed by atoms with Gasteiger partial charge >= 0.3 is 0 Å². The lowest BCUT2D eigenvalue weighted by Gasteiger charge is -1.86. The molecule has 0 aliphatic rings. The first kappa shape index (κ1) is 7.29. The quantitative estimate of drug-likeness (QED) is 0.710. The van der Waals surface area contributed by atoms with Gasteiger partial charge in [0.1, 0.15) is 5.52 Å². The number of halogens is 1. The molecular weight excluding hydrogens is 226 g/mol. The number of fused-ring (bicyclic) bond motifs is 1. The molecule has 2 aromatic heterocycles. The monoisotopic (exact) mass is 227 g/mol. The van der Waals surface area contributed by atoms with Gasteiger partial charge in [0, 0.05) is 0 Å². The average Bonchev–Trinajstić information content (AvgIpc) is 2.46. The molecule has 0 unspecified atom stereocenters. The lowest BCUT2D eigenvalue weighted by Crippen LogP contribution is -1.89. The number of carbonyl (C=O) groups is 1. The number of aldehydes is 1. The maximum absolute atomic E-state index is 10.4. The lowest BCUT2D eigenvalue weighted by molar-refractivity contribution is 0.112. The molecule has 0 aromatic carbocycles. The van der Waals surface area contributed by atoms with E-state index in [1.54, 1.807) is 0 Å². The van der Waals surface area contributed by atoms with E-state index >= 15 is 0 Å². The first-order valence-electron chi connectivity index (χ1n) is 3.01. The van der Waals surface area contributed by atoms with Crippen LogP contribution in [0.1, 0.15) is 10.5 Å². The predicted molar refractivity (Wildman–Crippen MR) is 42.6 cm³/mol. The van der Waals surface area contributed by atoms with Crippen molar-refractivity contribution in [2.75, 3.05) is 0 Å². The van der Waals surface area contributed by atoms with E-state index in [1.807, 2.05) is 0 Å². The zero-order valence-corrected chi connectivity index (χ0v) is 7.24. The minimum atomic E-state index is 0.237. The highest BCUT2D eigenvalue weighted by atomic mass is 79.9. The number of hydrogen-bond donors (Lipinski definition) is 1. The van der Waals surface area contributed by atoms with E-state index in [1.165, 1.54) is 0 Å². The number of hydrogen-bond acceptors (Lipinski definition) is 5. The van der Waals surface area contributed by atoms with Crippen LogP contribution in [0.5, 0.6) is 0 Å². The Bertz CT molecular complexity index is 438. The van der Waals surface area contributed by atoms with E-state index in [-0.39, 0.29) is 5.69 Å². The van der Waals surface area contributed by atoms with Gasteiger partial charge in [-0.25, -0.2) is 4.98 Å².